The topological polar surface area (TPSA) is 38.2 Å². The molecule has 0 spiro atoms. The summed E-state index contributed by atoms with van der Waals surface area (Å²) in [4.78, 5) is 10.4. The third-order valence-electron chi connectivity index (χ3n) is 1.99. The average Bonchev–Trinajstić information content (AvgIpc) is 2.23. The van der Waals surface area contributed by atoms with Crippen LogP contribution in [-0.4, -0.2) is 36.3 Å². The Labute approximate surface area is 95.4 Å². The van der Waals surface area contributed by atoms with E-state index in [-0.39, 0.29) is 0 Å². The number of rotatable bonds is 1. The zero-order valence-corrected chi connectivity index (χ0v) is 9.75. The van der Waals surface area contributed by atoms with Crippen molar-refractivity contribution in [3.05, 3.63) is 16.0 Å². The predicted octanol–water partition coefficient (Wildman–Crippen LogP) is 1.73. The van der Waals surface area contributed by atoms with Crippen LogP contribution in [0.2, 0.25) is 5.15 Å². The summed E-state index contributed by atoms with van der Waals surface area (Å²) in [7, 11) is 0. The average molecular weight is 279 g/mol. The first-order chi connectivity index (χ1) is 6.77. The molecule has 4 nitrogen and oxygen atoms in total. The third-order valence-corrected chi connectivity index (χ3v) is 2.64. The molecular formula is C8H9BrClN3O. The minimum Gasteiger partial charge on any atom is -0.378 e. The highest BCUT2D eigenvalue weighted by Crippen LogP contribution is 2.23. The molecule has 0 aliphatic carbocycles. The van der Waals surface area contributed by atoms with E-state index in [1.807, 2.05) is 0 Å². The molecule has 0 atom stereocenters. The first-order valence-electron chi connectivity index (χ1n) is 4.28. The van der Waals surface area contributed by atoms with Gasteiger partial charge in [0.15, 0.2) is 11.0 Å². The van der Waals surface area contributed by atoms with Crippen molar-refractivity contribution < 1.29 is 4.74 Å². The summed E-state index contributed by atoms with van der Waals surface area (Å²) in [5.41, 5.74) is 0. The molecule has 1 saturated heterocycles. The van der Waals surface area contributed by atoms with Gasteiger partial charge in [-0.15, -0.1) is 0 Å². The summed E-state index contributed by atoms with van der Waals surface area (Å²) in [6.07, 6.45) is 1.59. The van der Waals surface area contributed by atoms with Crippen molar-refractivity contribution in [3.63, 3.8) is 0 Å². The number of halogens is 2. The summed E-state index contributed by atoms with van der Waals surface area (Å²) < 4.78 is 5.94. The van der Waals surface area contributed by atoms with Gasteiger partial charge in [-0.25, -0.2) is 9.97 Å². The van der Waals surface area contributed by atoms with Crippen LogP contribution < -0.4 is 4.90 Å². The molecule has 76 valence electrons. The molecule has 6 heteroatoms. The van der Waals surface area contributed by atoms with E-state index >= 15 is 0 Å². The SMILES string of the molecule is Clc1ncc(Br)nc1N1CCOCC1. The van der Waals surface area contributed by atoms with E-state index in [4.69, 9.17) is 16.3 Å². The lowest BCUT2D eigenvalue weighted by molar-refractivity contribution is 0.122. The van der Waals surface area contributed by atoms with Crippen LogP contribution in [0.3, 0.4) is 0 Å². The fourth-order valence-electron chi connectivity index (χ4n) is 1.32. The number of ether oxygens (including phenoxy) is 1. The van der Waals surface area contributed by atoms with Crippen LogP contribution in [0.15, 0.2) is 10.8 Å². The Kier molecular flexibility index (Phi) is 3.20. The molecule has 2 rings (SSSR count). The van der Waals surface area contributed by atoms with Crippen LogP contribution in [0.4, 0.5) is 5.82 Å². The van der Waals surface area contributed by atoms with Crippen LogP contribution >= 0.6 is 27.5 Å². The molecule has 2 heterocycles. The molecule has 0 N–H and O–H groups in total. The number of nitrogens with zero attached hydrogens (tertiary/aromatic N) is 3. The highest BCUT2D eigenvalue weighted by molar-refractivity contribution is 9.10. The third kappa shape index (κ3) is 2.16. The number of hydrogen-bond acceptors (Lipinski definition) is 4. The first kappa shape index (κ1) is 10.1. The molecule has 0 amide bonds. The lowest BCUT2D eigenvalue weighted by atomic mass is 10.4. The van der Waals surface area contributed by atoms with Gasteiger partial charge in [0, 0.05) is 13.1 Å². The molecule has 0 radical (unpaired) electrons. The number of aromatic nitrogens is 2. The van der Waals surface area contributed by atoms with Crippen molar-refractivity contribution in [3.8, 4) is 0 Å². The maximum absolute atomic E-state index is 5.95. The fraction of sp³-hybridized carbons (Fsp3) is 0.500. The molecule has 1 aliphatic rings. The Morgan fingerprint density at radius 3 is 2.86 bits per heavy atom. The quantitative estimate of drug-likeness (QED) is 0.784. The van der Waals surface area contributed by atoms with Gasteiger partial charge in [0.2, 0.25) is 0 Å². The van der Waals surface area contributed by atoms with E-state index in [0.29, 0.717) is 23.0 Å². The molecule has 1 aromatic heterocycles. The van der Waals surface area contributed by atoms with E-state index in [9.17, 15) is 0 Å². The summed E-state index contributed by atoms with van der Waals surface area (Å²) in [6.45, 7) is 3.05. The van der Waals surface area contributed by atoms with Gasteiger partial charge in [-0.2, -0.15) is 0 Å². The summed E-state index contributed by atoms with van der Waals surface area (Å²) in [5, 5.41) is 0.440. The molecule has 14 heavy (non-hydrogen) atoms. The van der Waals surface area contributed by atoms with Gasteiger partial charge in [-0.1, -0.05) is 11.6 Å². The summed E-state index contributed by atoms with van der Waals surface area (Å²) >= 11 is 9.23. The Morgan fingerprint density at radius 2 is 2.14 bits per heavy atom. The van der Waals surface area contributed by atoms with Gasteiger partial charge >= 0.3 is 0 Å². The second kappa shape index (κ2) is 4.42. The Balaban J connectivity index is 2.24. The first-order valence-corrected chi connectivity index (χ1v) is 5.45. The summed E-state index contributed by atoms with van der Waals surface area (Å²) in [6, 6.07) is 0. The second-order valence-corrected chi connectivity index (χ2v) is 4.08. The van der Waals surface area contributed by atoms with Crippen molar-refractivity contribution >= 4 is 33.3 Å². The van der Waals surface area contributed by atoms with Crippen LogP contribution in [0.25, 0.3) is 0 Å². The van der Waals surface area contributed by atoms with Crippen molar-refractivity contribution in [2.45, 2.75) is 0 Å². The normalized spacial score (nSPS) is 17.1. The maximum Gasteiger partial charge on any atom is 0.171 e. The Hall–Kier alpha value is -0.390. The second-order valence-electron chi connectivity index (χ2n) is 2.91. The zero-order chi connectivity index (χ0) is 9.97. The molecule has 0 aromatic carbocycles. The van der Waals surface area contributed by atoms with E-state index in [0.717, 1.165) is 18.9 Å². The molecule has 0 bridgehead atoms. The van der Waals surface area contributed by atoms with Gasteiger partial charge in [0.25, 0.3) is 0 Å². The van der Waals surface area contributed by atoms with Crippen molar-refractivity contribution in [2.24, 2.45) is 0 Å². The molecule has 1 aromatic rings. The Morgan fingerprint density at radius 1 is 1.43 bits per heavy atom. The van der Waals surface area contributed by atoms with Crippen LogP contribution in [0.1, 0.15) is 0 Å². The highest BCUT2D eigenvalue weighted by Gasteiger charge is 2.16. The van der Waals surface area contributed by atoms with Crippen molar-refractivity contribution in [2.75, 3.05) is 31.2 Å². The molecule has 1 aliphatic heterocycles. The van der Waals surface area contributed by atoms with Gasteiger partial charge in [0.1, 0.15) is 4.60 Å². The number of anilines is 1. The van der Waals surface area contributed by atoms with Gasteiger partial charge < -0.3 is 9.64 Å². The molecule has 1 fully saturated rings. The van der Waals surface area contributed by atoms with E-state index in [1.165, 1.54) is 0 Å². The lowest BCUT2D eigenvalue weighted by Gasteiger charge is -2.27. The van der Waals surface area contributed by atoms with E-state index in [2.05, 4.69) is 30.8 Å². The predicted molar refractivity (Wildman–Crippen MR) is 57.8 cm³/mol. The number of morpholine rings is 1. The zero-order valence-electron chi connectivity index (χ0n) is 7.41. The van der Waals surface area contributed by atoms with Crippen LogP contribution in [0.5, 0.6) is 0 Å². The van der Waals surface area contributed by atoms with E-state index in [1.54, 1.807) is 6.20 Å². The Bertz CT molecular complexity index is 330. The highest BCUT2D eigenvalue weighted by atomic mass is 79.9. The maximum atomic E-state index is 5.95. The van der Waals surface area contributed by atoms with Crippen molar-refractivity contribution in [1.82, 2.24) is 9.97 Å². The molecule has 0 unspecified atom stereocenters. The van der Waals surface area contributed by atoms with E-state index < -0.39 is 0 Å². The molecular weight excluding hydrogens is 269 g/mol. The standard InChI is InChI=1S/C8H9BrClN3O/c9-6-5-11-7(10)8(12-6)13-1-3-14-4-2-13/h5H,1-4H2. The van der Waals surface area contributed by atoms with Gasteiger partial charge in [-0.05, 0) is 15.9 Å². The number of hydrogen-bond donors (Lipinski definition) is 0. The monoisotopic (exact) mass is 277 g/mol. The smallest absolute Gasteiger partial charge is 0.171 e. The van der Waals surface area contributed by atoms with Gasteiger partial charge in [0.05, 0.1) is 19.4 Å². The molecule has 0 saturated carbocycles. The van der Waals surface area contributed by atoms with Gasteiger partial charge in [-0.3, -0.25) is 0 Å². The van der Waals surface area contributed by atoms with Crippen LogP contribution in [0, 0.1) is 0 Å². The van der Waals surface area contributed by atoms with Crippen molar-refractivity contribution in [1.29, 1.82) is 0 Å². The summed E-state index contributed by atoms with van der Waals surface area (Å²) in [5.74, 6) is 0.726. The lowest BCUT2D eigenvalue weighted by Crippen LogP contribution is -2.37. The fourth-order valence-corrected chi connectivity index (χ4v) is 1.80. The minimum atomic E-state index is 0.440. The minimum absolute atomic E-state index is 0.440. The largest absolute Gasteiger partial charge is 0.378 e. The van der Waals surface area contributed by atoms with Crippen LogP contribution in [-0.2, 0) is 4.74 Å².